The normalized spacial score (nSPS) is 10.5. The van der Waals surface area contributed by atoms with Crippen LogP contribution >= 0.6 is 0 Å². The highest BCUT2D eigenvalue weighted by molar-refractivity contribution is 6.04. The summed E-state index contributed by atoms with van der Waals surface area (Å²) in [6, 6.07) is 12.8. The number of carbonyl (C=O) groups is 1. The summed E-state index contributed by atoms with van der Waals surface area (Å²) in [5.41, 5.74) is 2.22. The Morgan fingerprint density at radius 3 is 2.36 bits per heavy atom. The molecule has 2 aromatic carbocycles. The van der Waals surface area contributed by atoms with Crippen LogP contribution in [0.1, 0.15) is 37.0 Å². The summed E-state index contributed by atoms with van der Waals surface area (Å²) in [7, 11) is 0. The number of benzene rings is 2. The average Bonchev–Trinajstić information content (AvgIpc) is 3.26. The lowest BCUT2D eigenvalue weighted by Gasteiger charge is -2.14. The minimum absolute atomic E-state index is 0.196. The molecule has 6 heteroatoms. The zero-order valence-corrected chi connectivity index (χ0v) is 16.2. The molecule has 3 rings (SSSR count). The fourth-order valence-corrected chi connectivity index (χ4v) is 2.64. The molecule has 0 atom stereocenters. The van der Waals surface area contributed by atoms with E-state index < -0.39 is 0 Å². The quantitative estimate of drug-likeness (QED) is 0.585. The zero-order valence-electron chi connectivity index (χ0n) is 16.2. The van der Waals surface area contributed by atoms with E-state index in [1.54, 1.807) is 30.7 Å². The van der Waals surface area contributed by atoms with Crippen molar-refractivity contribution < 1.29 is 14.3 Å². The van der Waals surface area contributed by atoms with Gasteiger partial charge in [0, 0.05) is 29.3 Å². The smallest absolute Gasteiger partial charge is 0.255 e. The largest absolute Gasteiger partial charge is 0.490 e. The Hall–Kier alpha value is -3.28. The second kappa shape index (κ2) is 9.60. The molecule has 0 radical (unpaired) electrons. The first-order valence-corrected chi connectivity index (χ1v) is 9.50. The number of carbonyl (C=O) groups excluding carboxylic acids is 1. The lowest BCUT2D eigenvalue weighted by Crippen LogP contribution is -2.12. The third-order valence-electron chi connectivity index (χ3n) is 4.06. The van der Waals surface area contributed by atoms with E-state index in [2.05, 4.69) is 10.3 Å². The molecule has 0 fully saturated rings. The molecule has 0 spiro atoms. The molecule has 146 valence electrons. The van der Waals surface area contributed by atoms with E-state index in [0.717, 1.165) is 24.2 Å². The number of nitrogens with zero attached hydrogens (tertiary/aromatic N) is 2. The van der Waals surface area contributed by atoms with Gasteiger partial charge in [0.1, 0.15) is 0 Å². The minimum Gasteiger partial charge on any atom is -0.490 e. The molecule has 3 aromatic rings. The van der Waals surface area contributed by atoms with Gasteiger partial charge in [-0.2, -0.15) is 0 Å². The van der Waals surface area contributed by atoms with Gasteiger partial charge in [-0.3, -0.25) is 4.79 Å². The third-order valence-corrected chi connectivity index (χ3v) is 4.06. The van der Waals surface area contributed by atoms with Crippen molar-refractivity contribution in [3.05, 3.63) is 66.7 Å². The summed E-state index contributed by atoms with van der Waals surface area (Å²) in [6.45, 7) is 5.27. The van der Waals surface area contributed by atoms with Crippen LogP contribution in [-0.2, 0) is 0 Å². The van der Waals surface area contributed by atoms with Crippen molar-refractivity contribution in [2.75, 3.05) is 18.5 Å². The Balaban J connectivity index is 1.72. The van der Waals surface area contributed by atoms with E-state index in [4.69, 9.17) is 9.47 Å². The van der Waals surface area contributed by atoms with E-state index in [9.17, 15) is 4.79 Å². The van der Waals surface area contributed by atoms with Crippen molar-refractivity contribution in [1.82, 2.24) is 9.55 Å². The fourth-order valence-electron chi connectivity index (χ4n) is 2.64. The highest BCUT2D eigenvalue weighted by Crippen LogP contribution is 2.29. The molecule has 1 aromatic heterocycles. The molecule has 28 heavy (non-hydrogen) atoms. The Morgan fingerprint density at radius 2 is 1.71 bits per heavy atom. The second-order valence-corrected chi connectivity index (χ2v) is 6.33. The van der Waals surface area contributed by atoms with Gasteiger partial charge < -0.3 is 19.4 Å². The average molecular weight is 379 g/mol. The van der Waals surface area contributed by atoms with Crippen LogP contribution in [0.3, 0.4) is 0 Å². The van der Waals surface area contributed by atoms with Crippen molar-refractivity contribution in [3.63, 3.8) is 0 Å². The van der Waals surface area contributed by atoms with Crippen LogP contribution in [0.2, 0.25) is 0 Å². The van der Waals surface area contributed by atoms with Crippen molar-refractivity contribution in [2.45, 2.75) is 26.7 Å². The maximum atomic E-state index is 12.7. The number of amides is 1. The van der Waals surface area contributed by atoms with Crippen LogP contribution in [0, 0.1) is 0 Å². The van der Waals surface area contributed by atoms with Gasteiger partial charge in [-0.1, -0.05) is 13.8 Å². The summed E-state index contributed by atoms with van der Waals surface area (Å²) in [5.74, 6) is 1.06. The van der Waals surface area contributed by atoms with Crippen molar-refractivity contribution in [1.29, 1.82) is 0 Å². The summed E-state index contributed by atoms with van der Waals surface area (Å²) in [4.78, 5) is 16.7. The van der Waals surface area contributed by atoms with Gasteiger partial charge in [0.2, 0.25) is 0 Å². The number of anilines is 1. The Labute approximate surface area is 165 Å². The lowest BCUT2D eigenvalue weighted by atomic mass is 10.1. The molecule has 1 amide bonds. The number of nitrogens with one attached hydrogen (secondary N) is 1. The van der Waals surface area contributed by atoms with Gasteiger partial charge in [0.05, 0.1) is 19.5 Å². The monoisotopic (exact) mass is 379 g/mol. The van der Waals surface area contributed by atoms with Crippen molar-refractivity contribution in [2.24, 2.45) is 0 Å². The van der Waals surface area contributed by atoms with Gasteiger partial charge in [0.15, 0.2) is 11.5 Å². The first-order chi connectivity index (χ1) is 13.7. The van der Waals surface area contributed by atoms with Crippen LogP contribution in [0.4, 0.5) is 5.69 Å². The predicted molar refractivity (Wildman–Crippen MR) is 110 cm³/mol. The van der Waals surface area contributed by atoms with E-state index in [1.165, 1.54) is 0 Å². The van der Waals surface area contributed by atoms with Crippen LogP contribution in [0.25, 0.3) is 5.69 Å². The standard InChI is InChI=1S/C22H25N3O3/c1-3-13-27-20-10-5-17(15-21(20)28-14-4-2)22(26)24-18-6-8-19(9-7-18)25-12-11-23-16-25/h5-12,15-16H,3-4,13-14H2,1-2H3,(H,24,26). The van der Waals surface area contributed by atoms with E-state index in [-0.39, 0.29) is 5.91 Å². The number of aromatic nitrogens is 2. The molecule has 0 aliphatic heterocycles. The first-order valence-electron chi connectivity index (χ1n) is 9.50. The number of hydrogen-bond acceptors (Lipinski definition) is 4. The van der Waals surface area contributed by atoms with E-state index in [0.29, 0.717) is 30.3 Å². The summed E-state index contributed by atoms with van der Waals surface area (Å²) < 4.78 is 13.4. The molecule has 0 saturated carbocycles. The van der Waals surface area contributed by atoms with Crippen LogP contribution in [0.5, 0.6) is 11.5 Å². The Morgan fingerprint density at radius 1 is 1.00 bits per heavy atom. The molecular weight excluding hydrogens is 354 g/mol. The molecular formula is C22H25N3O3. The fraction of sp³-hybridized carbons (Fsp3) is 0.273. The molecule has 0 unspecified atom stereocenters. The van der Waals surface area contributed by atoms with Crippen LogP contribution < -0.4 is 14.8 Å². The van der Waals surface area contributed by atoms with Crippen molar-refractivity contribution >= 4 is 11.6 Å². The lowest BCUT2D eigenvalue weighted by molar-refractivity contribution is 0.102. The molecule has 1 heterocycles. The molecule has 6 nitrogen and oxygen atoms in total. The van der Waals surface area contributed by atoms with Gasteiger partial charge in [-0.25, -0.2) is 4.98 Å². The van der Waals surface area contributed by atoms with Crippen LogP contribution in [0.15, 0.2) is 61.2 Å². The van der Waals surface area contributed by atoms with Gasteiger partial charge >= 0.3 is 0 Å². The van der Waals surface area contributed by atoms with Gasteiger partial charge in [-0.05, 0) is 55.3 Å². The highest BCUT2D eigenvalue weighted by atomic mass is 16.5. The maximum Gasteiger partial charge on any atom is 0.255 e. The summed E-state index contributed by atoms with van der Waals surface area (Å²) in [6.07, 6.45) is 7.11. The van der Waals surface area contributed by atoms with Gasteiger partial charge in [0.25, 0.3) is 5.91 Å². The second-order valence-electron chi connectivity index (χ2n) is 6.33. The number of ether oxygens (including phenoxy) is 2. The Kier molecular flexibility index (Phi) is 6.68. The highest BCUT2D eigenvalue weighted by Gasteiger charge is 2.12. The molecule has 0 aliphatic rings. The van der Waals surface area contributed by atoms with E-state index >= 15 is 0 Å². The maximum absolute atomic E-state index is 12.7. The molecule has 1 N–H and O–H groups in total. The zero-order chi connectivity index (χ0) is 19.8. The van der Waals surface area contributed by atoms with E-state index in [1.807, 2.05) is 48.9 Å². The third kappa shape index (κ3) is 4.91. The molecule has 0 bridgehead atoms. The minimum atomic E-state index is -0.196. The number of rotatable bonds is 9. The number of hydrogen-bond donors (Lipinski definition) is 1. The summed E-state index contributed by atoms with van der Waals surface area (Å²) >= 11 is 0. The number of imidazole rings is 1. The predicted octanol–water partition coefficient (Wildman–Crippen LogP) is 4.70. The van der Waals surface area contributed by atoms with Crippen LogP contribution in [-0.4, -0.2) is 28.7 Å². The van der Waals surface area contributed by atoms with Gasteiger partial charge in [-0.15, -0.1) is 0 Å². The topological polar surface area (TPSA) is 65.4 Å². The molecule has 0 saturated heterocycles. The first kappa shape index (κ1) is 19.5. The summed E-state index contributed by atoms with van der Waals surface area (Å²) in [5, 5.41) is 2.92. The molecule has 0 aliphatic carbocycles. The van der Waals surface area contributed by atoms with Crippen molar-refractivity contribution in [3.8, 4) is 17.2 Å². The SMILES string of the molecule is CCCOc1ccc(C(=O)Nc2ccc(-n3ccnc3)cc2)cc1OCCC. The Bertz CT molecular complexity index is 890.